The first kappa shape index (κ1) is 19.7. The maximum absolute atomic E-state index is 13.0. The predicted octanol–water partition coefficient (Wildman–Crippen LogP) is 4.87. The van der Waals surface area contributed by atoms with Gasteiger partial charge in [-0.3, -0.25) is 9.69 Å². The van der Waals surface area contributed by atoms with Gasteiger partial charge in [0, 0.05) is 6.54 Å². The molecule has 0 saturated carbocycles. The number of carboxylic acids is 1. The van der Waals surface area contributed by atoms with Crippen molar-refractivity contribution >= 4 is 51.3 Å². The molecule has 1 amide bonds. The fraction of sp³-hybridized carbons (Fsp3) is 0.0870. The molecule has 1 fully saturated rings. The molecule has 1 heterocycles. The molecule has 0 bridgehead atoms. The molecule has 4 rings (SSSR count). The van der Waals surface area contributed by atoms with Crippen molar-refractivity contribution in [2.45, 2.75) is 6.92 Å². The van der Waals surface area contributed by atoms with Gasteiger partial charge in [0.05, 0.1) is 16.2 Å². The van der Waals surface area contributed by atoms with E-state index >= 15 is 0 Å². The number of hydrogen-bond donors (Lipinski definition) is 2. The number of aromatic carboxylic acids is 1. The number of carbonyl (C=O) groups excluding carboxylic acids is 1. The first-order valence-corrected chi connectivity index (χ1v) is 10.1. The van der Waals surface area contributed by atoms with E-state index in [2.05, 4.69) is 4.99 Å². The van der Waals surface area contributed by atoms with Crippen molar-refractivity contribution < 1.29 is 19.8 Å². The van der Waals surface area contributed by atoms with Crippen LogP contribution in [-0.2, 0) is 4.79 Å². The van der Waals surface area contributed by atoms with Gasteiger partial charge in [-0.2, -0.15) is 0 Å². The zero-order valence-corrected chi connectivity index (χ0v) is 16.9. The van der Waals surface area contributed by atoms with Crippen LogP contribution in [0.25, 0.3) is 16.8 Å². The predicted molar refractivity (Wildman–Crippen MR) is 119 cm³/mol. The lowest BCUT2D eigenvalue weighted by Crippen LogP contribution is -2.28. The molecule has 2 N–H and O–H groups in total. The van der Waals surface area contributed by atoms with Crippen LogP contribution in [0.2, 0.25) is 0 Å². The van der Waals surface area contributed by atoms with Crippen LogP contribution in [0.3, 0.4) is 0 Å². The summed E-state index contributed by atoms with van der Waals surface area (Å²) < 4.78 is 0. The lowest BCUT2D eigenvalue weighted by Gasteiger charge is -2.12. The van der Waals surface area contributed by atoms with E-state index in [-0.39, 0.29) is 22.9 Å². The molecule has 150 valence electrons. The summed E-state index contributed by atoms with van der Waals surface area (Å²) in [5, 5.41) is 21.5. The molecule has 1 aliphatic rings. The van der Waals surface area contributed by atoms with Crippen molar-refractivity contribution in [1.29, 1.82) is 0 Å². The molecule has 3 aromatic rings. The maximum Gasteiger partial charge on any atom is 0.338 e. The van der Waals surface area contributed by atoms with Gasteiger partial charge >= 0.3 is 5.97 Å². The molecule has 7 heteroatoms. The van der Waals surface area contributed by atoms with Gasteiger partial charge in [0.25, 0.3) is 5.91 Å². The molecule has 0 unspecified atom stereocenters. The third kappa shape index (κ3) is 3.67. The molecule has 0 radical (unpaired) electrons. The number of aromatic hydroxyl groups is 1. The van der Waals surface area contributed by atoms with Crippen molar-refractivity contribution in [3.8, 4) is 5.75 Å². The zero-order chi connectivity index (χ0) is 21.3. The van der Waals surface area contributed by atoms with Crippen LogP contribution in [0, 0.1) is 0 Å². The Hall–Kier alpha value is -3.58. The van der Waals surface area contributed by atoms with Gasteiger partial charge in [-0.1, -0.05) is 42.5 Å². The van der Waals surface area contributed by atoms with Crippen molar-refractivity contribution in [2.75, 3.05) is 6.54 Å². The average Bonchev–Trinajstić information content (AvgIpc) is 3.03. The maximum atomic E-state index is 13.0. The second-order valence-electron chi connectivity index (χ2n) is 6.63. The Morgan fingerprint density at radius 3 is 2.67 bits per heavy atom. The SMILES string of the molecule is CCN1C(=O)/C(=C/c2cccc3ccccc23)SC1=Nc1ccc(O)cc1C(=O)O. The number of rotatable bonds is 4. The van der Waals surface area contributed by atoms with E-state index in [1.807, 2.05) is 55.5 Å². The quantitative estimate of drug-likeness (QED) is 0.590. The van der Waals surface area contributed by atoms with Crippen LogP contribution in [0.15, 0.2) is 70.6 Å². The molecular formula is C23H18N2O4S. The third-order valence-electron chi connectivity index (χ3n) is 4.74. The number of carbonyl (C=O) groups is 2. The molecule has 0 spiro atoms. The number of carboxylic acid groups (broad SMARTS) is 1. The zero-order valence-electron chi connectivity index (χ0n) is 16.1. The van der Waals surface area contributed by atoms with Crippen molar-refractivity contribution in [3.05, 3.63) is 76.7 Å². The van der Waals surface area contributed by atoms with E-state index in [0.29, 0.717) is 16.6 Å². The van der Waals surface area contributed by atoms with E-state index in [9.17, 15) is 19.8 Å². The second kappa shape index (κ2) is 8.04. The van der Waals surface area contributed by atoms with Gasteiger partial charge in [0.1, 0.15) is 5.75 Å². The third-order valence-corrected chi connectivity index (χ3v) is 5.75. The summed E-state index contributed by atoms with van der Waals surface area (Å²) in [4.78, 5) is 30.9. The molecule has 1 saturated heterocycles. The number of amides is 1. The molecule has 30 heavy (non-hydrogen) atoms. The van der Waals surface area contributed by atoms with Crippen LogP contribution in [-0.4, -0.2) is 38.7 Å². The van der Waals surface area contributed by atoms with Gasteiger partial charge in [0.15, 0.2) is 5.17 Å². The second-order valence-corrected chi connectivity index (χ2v) is 7.64. The number of nitrogens with zero attached hydrogens (tertiary/aromatic N) is 2. The fourth-order valence-corrected chi connectivity index (χ4v) is 4.33. The minimum Gasteiger partial charge on any atom is -0.508 e. The highest BCUT2D eigenvalue weighted by Gasteiger charge is 2.32. The minimum absolute atomic E-state index is 0.127. The first-order valence-electron chi connectivity index (χ1n) is 9.32. The lowest BCUT2D eigenvalue weighted by molar-refractivity contribution is -0.122. The van der Waals surface area contributed by atoms with Gasteiger partial charge in [-0.25, -0.2) is 9.79 Å². The summed E-state index contributed by atoms with van der Waals surface area (Å²) in [6.07, 6.45) is 1.84. The molecule has 3 aromatic carbocycles. The highest BCUT2D eigenvalue weighted by Crippen LogP contribution is 2.36. The number of aliphatic imine (C=N–C) groups is 1. The number of likely N-dealkylation sites (N-methyl/N-ethyl adjacent to an activating group) is 1. The Morgan fingerprint density at radius 2 is 1.90 bits per heavy atom. The van der Waals surface area contributed by atoms with E-state index in [4.69, 9.17) is 0 Å². The normalized spacial score (nSPS) is 16.7. The molecule has 0 aliphatic carbocycles. The van der Waals surface area contributed by atoms with Gasteiger partial charge in [-0.05, 0) is 59.3 Å². The van der Waals surface area contributed by atoms with Crippen LogP contribution >= 0.6 is 11.8 Å². The van der Waals surface area contributed by atoms with Crippen LogP contribution in [0.5, 0.6) is 5.75 Å². The first-order chi connectivity index (χ1) is 14.5. The number of fused-ring (bicyclic) bond motifs is 1. The highest BCUT2D eigenvalue weighted by atomic mass is 32.2. The van der Waals surface area contributed by atoms with Gasteiger partial charge in [0.2, 0.25) is 0 Å². The molecule has 0 aromatic heterocycles. The van der Waals surface area contributed by atoms with E-state index < -0.39 is 5.97 Å². The van der Waals surface area contributed by atoms with Gasteiger partial charge < -0.3 is 10.2 Å². The molecule has 0 atom stereocenters. The Kier molecular flexibility index (Phi) is 5.29. The summed E-state index contributed by atoms with van der Waals surface area (Å²) >= 11 is 1.21. The number of thioether (sulfide) groups is 1. The Labute approximate surface area is 177 Å². The molecule has 6 nitrogen and oxygen atoms in total. The Morgan fingerprint density at radius 1 is 1.13 bits per heavy atom. The smallest absolute Gasteiger partial charge is 0.338 e. The van der Waals surface area contributed by atoms with Crippen molar-refractivity contribution in [3.63, 3.8) is 0 Å². The van der Waals surface area contributed by atoms with E-state index in [1.165, 1.54) is 28.8 Å². The minimum atomic E-state index is -1.20. The highest BCUT2D eigenvalue weighted by molar-refractivity contribution is 8.18. The fourth-order valence-electron chi connectivity index (χ4n) is 3.28. The molecular weight excluding hydrogens is 400 g/mol. The number of hydrogen-bond acceptors (Lipinski definition) is 5. The Bertz CT molecular complexity index is 1230. The largest absolute Gasteiger partial charge is 0.508 e. The van der Waals surface area contributed by atoms with E-state index in [1.54, 1.807) is 0 Å². The average molecular weight is 418 g/mol. The van der Waals surface area contributed by atoms with Crippen LogP contribution in [0.1, 0.15) is 22.8 Å². The van der Waals surface area contributed by atoms with Crippen molar-refractivity contribution in [2.24, 2.45) is 4.99 Å². The molecule has 1 aliphatic heterocycles. The van der Waals surface area contributed by atoms with Gasteiger partial charge in [-0.15, -0.1) is 0 Å². The number of phenols is 1. The standard InChI is InChI=1S/C23H18N2O4S/c1-2-25-21(27)20(12-15-8-5-7-14-6-3-4-9-17(14)15)30-23(25)24-19-11-10-16(26)13-18(19)22(28)29/h3-13,26H,2H2,1H3,(H,28,29)/b20-12-,24-23?. The lowest BCUT2D eigenvalue weighted by atomic mass is 10.0. The number of phenolic OH excluding ortho intramolecular Hbond substituents is 1. The number of benzene rings is 3. The summed E-state index contributed by atoms with van der Waals surface area (Å²) in [5.74, 6) is -1.53. The summed E-state index contributed by atoms with van der Waals surface area (Å²) in [5.41, 5.74) is 0.982. The van der Waals surface area contributed by atoms with Crippen molar-refractivity contribution in [1.82, 2.24) is 4.90 Å². The summed E-state index contributed by atoms with van der Waals surface area (Å²) in [6.45, 7) is 2.24. The van der Waals surface area contributed by atoms with Crippen LogP contribution < -0.4 is 0 Å². The Balaban J connectivity index is 1.76. The summed E-state index contributed by atoms with van der Waals surface area (Å²) in [7, 11) is 0. The topological polar surface area (TPSA) is 90.2 Å². The summed E-state index contributed by atoms with van der Waals surface area (Å²) in [6, 6.07) is 17.8. The van der Waals surface area contributed by atoms with E-state index in [0.717, 1.165) is 22.4 Å². The van der Waals surface area contributed by atoms with Crippen LogP contribution in [0.4, 0.5) is 5.69 Å². The monoisotopic (exact) mass is 418 g/mol. The number of amidine groups is 1.